The first kappa shape index (κ1) is 20.8. The van der Waals surface area contributed by atoms with Crippen molar-refractivity contribution < 1.29 is 9.59 Å². The van der Waals surface area contributed by atoms with Crippen LogP contribution >= 0.6 is 39.9 Å². The Balaban J connectivity index is 1.59. The van der Waals surface area contributed by atoms with E-state index in [4.69, 9.17) is 12.2 Å². The molecule has 1 aliphatic rings. The van der Waals surface area contributed by atoms with Crippen LogP contribution in [0.4, 0.5) is 0 Å². The van der Waals surface area contributed by atoms with Crippen molar-refractivity contribution in [3.63, 3.8) is 0 Å². The molecule has 2 aromatic carbocycles. The topological polar surface area (TPSA) is 40.6 Å². The smallest absolute Gasteiger partial charge is 0.266 e. The molecule has 0 atom stereocenters. The summed E-state index contributed by atoms with van der Waals surface area (Å²) in [6.07, 6.45) is 2.06. The number of rotatable bonds is 6. The molecule has 0 radical (unpaired) electrons. The van der Waals surface area contributed by atoms with E-state index in [2.05, 4.69) is 15.9 Å². The Kier molecular flexibility index (Phi) is 7.04. The fourth-order valence-electron chi connectivity index (χ4n) is 2.78. The van der Waals surface area contributed by atoms with E-state index in [0.29, 0.717) is 22.3 Å². The van der Waals surface area contributed by atoms with Crippen molar-refractivity contribution in [1.82, 2.24) is 9.80 Å². The second kappa shape index (κ2) is 9.49. The highest BCUT2D eigenvalue weighted by Gasteiger charge is 2.32. The van der Waals surface area contributed by atoms with Gasteiger partial charge in [0, 0.05) is 31.0 Å². The maximum absolute atomic E-state index is 12.7. The standard InChI is InChI=1S/C21H19BrN2O2S2/c1-23(14-15-6-3-2-4-7-15)19(25)10-11-24-20(26)18(28-21(24)27)13-16-8-5-9-17(22)12-16/h2-9,12-13H,10-11,14H2,1H3/b18-13-. The molecular formula is C21H19BrN2O2S2. The van der Waals surface area contributed by atoms with Crippen LogP contribution in [0.15, 0.2) is 64.0 Å². The van der Waals surface area contributed by atoms with Gasteiger partial charge in [-0.1, -0.05) is 82.4 Å². The molecule has 2 amide bonds. The zero-order chi connectivity index (χ0) is 20.1. The Morgan fingerprint density at radius 1 is 1.21 bits per heavy atom. The molecular weight excluding hydrogens is 456 g/mol. The Hall–Kier alpha value is -1.96. The highest BCUT2D eigenvalue weighted by atomic mass is 79.9. The van der Waals surface area contributed by atoms with Crippen molar-refractivity contribution in [2.75, 3.05) is 13.6 Å². The van der Waals surface area contributed by atoms with E-state index in [9.17, 15) is 9.59 Å². The lowest BCUT2D eigenvalue weighted by Gasteiger charge is -2.19. The van der Waals surface area contributed by atoms with Gasteiger partial charge in [-0.2, -0.15) is 0 Å². The minimum Gasteiger partial charge on any atom is -0.341 e. The third-order valence-corrected chi connectivity index (χ3v) is 6.13. The van der Waals surface area contributed by atoms with Crippen molar-refractivity contribution in [3.05, 3.63) is 75.1 Å². The highest BCUT2D eigenvalue weighted by Crippen LogP contribution is 2.33. The van der Waals surface area contributed by atoms with Gasteiger partial charge in [0.05, 0.1) is 4.91 Å². The van der Waals surface area contributed by atoms with Gasteiger partial charge in [0.2, 0.25) is 5.91 Å². The molecule has 3 rings (SSSR count). The summed E-state index contributed by atoms with van der Waals surface area (Å²) in [4.78, 5) is 28.9. The number of thiocarbonyl (C=S) groups is 1. The summed E-state index contributed by atoms with van der Waals surface area (Å²) in [5, 5.41) is 0. The molecule has 1 aliphatic heterocycles. The van der Waals surface area contributed by atoms with Crippen LogP contribution in [0.5, 0.6) is 0 Å². The average Bonchev–Trinajstić information content (AvgIpc) is 2.93. The van der Waals surface area contributed by atoms with Crippen LogP contribution in [0.2, 0.25) is 0 Å². The van der Waals surface area contributed by atoms with E-state index in [1.165, 1.54) is 16.7 Å². The van der Waals surface area contributed by atoms with Gasteiger partial charge in [-0.05, 0) is 29.3 Å². The number of halogens is 1. The lowest BCUT2D eigenvalue weighted by molar-refractivity contribution is -0.131. The number of carbonyl (C=O) groups is 2. The maximum Gasteiger partial charge on any atom is 0.266 e. The zero-order valence-electron chi connectivity index (χ0n) is 15.3. The minimum atomic E-state index is -0.145. The van der Waals surface area contributed by atoms with Gasteiger partial charge in [0.25, 0.3) is 5.91 Å². The Labute approximate surface area is 182 Å². The molecule has 1 heterocycles. The van der Waals surface area contributed by atoms with Crippen LogP contribution < -0.4 is 0 Å². The predicted molar refractivity (Wildman–Crippen MR) is 122 cm³/mol. The maximum atomic E-state index is 12.7. The van der Waals surface area contributed by atoms with Crippen molar-refractivity contribution in [2.24, 2.45) is 0 Å². The molecule has 28 heavy (non-hydrogen) atoms. The molecule has 0 spiro atoms. The predicted octanol–water partition coefficient (Wildman–Crippen LogP) is 4.70. The lowest BCUT2D eigenvalue weighted by Crippen LogP contribution is -2.34. The van der Waals surface area contributed by atoms with Crippen LogP contribution in [-0.2, 0) is 16.1 Å². The number of amides is 2. The number of benzene rings is 2. The van der Waals surface area contributed by atoms with Crippen molar-refractivity contribution in [2.45, 2.75) is 13.0 Å². The summed E-state index contributed by atoms with van der Waals surface area (Å²) in [6.45, 7) is 0.833. The molecule has 2 aromatic rings. The van der Waals surface area contributed by atoms with Gasteiger partial charge < -0.3 is 4.90 Å². The van der Waals surface area contributed by atoms with Gasteiger partial charge >= 0.3 is 0 Å². The zero-order valence-corrected chi connectivity index (χ0v) is 18.5. The fraction of sp³-hybridized carbons (Fsp3) is 0.190. The van der Waals surface area contributed by atoms with E-state index in [1.807, 2.05) is 60.7 Å². The largest absolute Gasteiger partial charge is 0.341 e. The minimum absolute atomic E-state index is 0.0196. The van der Waals surface area contributed by atoms with Crippen LogP contribution in [0, 0.1) is 0 Å². The summed E-state index contributed by atoms with van der Waals surface area (Å²) in [5.41, 5.74) is 1.99. The van der Waals surface area contributed by atoms with Crippen LogP contribution in [-0.4, -0.2) is 39.5 Å². The summed E-state index contributed by atoms with van der Waals surface area (Å²) in [7, 11) is 1.77. The molecule has 0 unspecified atom stereocenters. The molecule has 0 N–H and O–H groups in total. The molecule has 0 aliphatic carbocycles. The van der Waals surface area contributed by atoms with Crippen molar-refractivity contribution >= 4 is 62.1 Å². The molecule has 4 nitrogen and oxygen atoms in total. The Morgan fingerprint density at radius 2 is 1.96 bits per heavy atom. The molecule has 7 heteroatoms. The normalized spacial score (nSPS) is 15.4. The number of thioether (sulfide) groups is 1. The van der Waals surface area contributed by atoms with Gasteiger partial charge in [0.1, 0.15) is 4.32 Å². The molecule has 1 fully saturated rings. The van der Waals surface area contributed by atoms with Gasteiger partial charge in [-0.3, -0.25) is 14.5 Å². The monoisotopic (exact) mass is 474 g/mol. The van der Waals surface area contributed by atoms with E-state index < -0.39 is 0 Å². The Morgan fingerprint density at radius 3 is 2.68 bits per heavy atom. The average molecular weight is 475 g/mol. The van der Waals surface area contributed by atoms with E-state index in [-0.39, 0.29) is 18.2 Å². The third kappa shape index (κ3) is 5.31. The molecule has 144 valence electrons. The summed E-state index contributed by atoms with van der Waals surface area (Å²) in [6, 6.07) is 17.5. The molecule has 0 bridgehead atoms. The first-order valence-electron chi connectivity index (χ1n) is 8.73. The SMILES string of the molecule is CN(Cc1ccccc1)C(=O)CCN1C(=O)/C(=C/c2cccc(Br)c2)SC1=S. The summed E-state index contributed by atoms with van der Waals surface area (Å²) < 4.78 is 1.44. The van der Waals surface area contributed by atoms with Crippen LogP contribution in [0.25, 0.3) is 6.08 Å². The fourth-order valence-corrected chi connectivity index (χ4v) is 4.51. The first-order valence-corrected chi connectivity index (χ1v) is 10.7. The second-order valence-electron chi connectivity index (χ2n) is 6.37. The van der Waals surface area contributed by atoms with Gasteiger partial charge in [-0.25, -0.2) is 0 Å². The molecule has 0 aromatic heterocycles. The van der Waals surface area contributed by atoms with Gasteiger partial charge in [0.15, 0.2) is 0 Å². The number of hydrogen-bond acceptors (Lipinski definition) is 4. The Bertz CT molecular complexity index is 931. The molecule has 1 saturated heterocycles. The van der Waals surface area contributed by atoms with Gasteiger partial charge in [-0.15, -0.1) is 0 Å². The van der Waals surface area contributed by atoms with Crippen molar-refractivity contribution in [3.8, 4) is 0 Å². The number of nitrogens with zero attached hydrogens (tertiary/aromatic N) is 2. The quantitative estimate of drug-likeness (QED) is 0.449. The summed E-state index contributed by atoms with van der Waals surface area (Å²) >= 11 is 10.1. The first-order chi connectivity index (χ1) is 13.4. The molecule has 0 saturated carbocycles. The van der Waals surface area contributed by atoms with Crippen molar-refractivity contribution in [1.29, 1.82) is 0 Å². The lowest BCUT2D eigenvalue weighted by atomic mass is 10.2. The number of carbonyl (C=O) groups excluding carboxylic acids is 2. The van der Waals surface area contributed by atoms with E-state index >= 15 is 0 Å². The van der Waals surface area contributed by atoms with E-state index in [1.54, 1.807) is 11.9 Å². The highest BCUT2D eigenvalue weighted by molar-refractivity contribution is 9.10. The van der Waals surface area contributed by atoms with E-state index in [0.717, 1.165) is 15.6 Å². The third-order valence-electron chi connectivity index (χ3n) is 4.26. The van der Waals surface area contributed by atoms with Crippen LogP contribution in [0.1, 0.15) is 17.5 Å². The second-order valence-corrected chi connectivity index (χ2v) is 8.97. The van der Waals surface area contributed by atoms with Crippen LogP contribution in [0.3, 0.4) is 0 Å². The number of hydrogen-bond donors (Lipinski definition) is 0. The summed E-state index contributed by atoms with van der Waals surface area (Å²) in [5.74, 6) is -0.164.